The first-order valence-corrected chi connectivity index (χ1v) is 8.74. The molecule has 134 valence electrons. The summed E-state index contributed by atoms with van der Waals surface area (Å²) in [6.45, 7) is 8.42. The summed E-state index contributed by atoms with van der Waals surface area (Å²) in [6, 6.07) is 7.28. The summed E-state index contributed by atoms with van der Waals surface area (Å²) in [4.78, 5) is 30.5. The Morgan fingerprint density at radius 2 is 2.04 bits per heavy atom. The van der Waals surface area contributed by atoms with Crippen molar-refractivity contribution in [2.45, 2.75) is 13.0 Å². The lowest BCUT2D eigenvalue weighted by atomic mass is 10.1. The van der Waals surface area contributed by atoms with Gasteiger partial charge in [0, 0.05) is 52.2 Å². The first-order valence-electron chi connectivity index (χ1n) is 8.74. The topological polar surface area (TPSA) is 64.1 Å². The number of hydrogen-bond acceptors (Lipinski definition) is 4. The highest BCUT2D eigenvalue weighted by molar-refractivity contribution is 5.89. The molecule has 0 bridgehead atoms. The number of rotatable bonds is 5. The number of phenolic OH excluding ortho intramolecular Hbond substituents is 1. The summed E-state index contributed by atoms with van der Waals surface area (Å²) in [5.41, 5.74) is 1.07. The molecule has 0 saturated carbocycles. The van der Waals surface area contributed by atoms with E-state index in [1.807, 2.05) is 17.0 Å². The summed E-state index contributed by atoms with van der Waals surface area (Å²) in [5.74, 6) is 0.198. The third kappa shape index (κ3) is 4.20. The Kier molecular flexibility index (Phi) is 5.38. The Labute approximate surface area is 148 Å². The van der Waals surface area contributed by atoms with Crippen LogP contribution in [0.15, 0.2) is 36.9 Å². The Hall–Kier alpha value is -2.34. The number of piperazine rings is 1. The summed E-state index contributed by atoms with van der Waals surface area (Å²) < 4.78 is 0. The molecule has 0 aliphatic carbocycles. The molecule has 1 aromatic carbocycles. The van der Waals surface area contributed by atoms with Crippen molar-refractivity contribution >= 4 is 11.8 Å². The molecular formula is C19H25N3O3. The fraction of sp³-hybridized carbons (Fsp3) is 0.474. The van der Waals surface area contributed by atoms with Gasteiger partial charge in [0.15, 0.2) is 0 Å². The first-order chi connectivity index (χ1) is 12.1. The van der Waals surface area contributed by atoms with Crippen molar-refractivity contribution in [1.29, 1.82) is 0 Å². The molecule has 0 spiro atoms. The van der Waals surface area contributed by atoms with E-state index in [0.717, 1.165) is 25.2 Å². The van der Waals surface area contributed by atoms with Crippen molar-refractivity contribution in [3.05, 3.63) is 42.5 Å². The summed E-state index contributed by atoms with van der Waals surface area (Å²) in [5, 5.41) is 9.55. The Balaban J connectivity index is 1.49. The lowest BCUT2D eigenvalue weighted by Crippen LogP contribution is -2.50. The van der Waals surface area contributed by atoms with Gasteiger partial charge in [-0.25, -0.2) is 0 Å². The van der Waals surface area contributed by atoms with Gasteiger partial charge in [-0.1, -0.05) is 18.2 Å². The maximum absolute atomic E-state index is 12.7. The monoisotopic (exact) mass is 343 g/mol. The lowest BCUT2D eigenvalue weighted by molar-refractivity contribution is -0.137. The van der Waals surface area contributed by atoms with Gasteiger partial charge in [0.25, 0.3) is 0 Å². The SMILES string of the molecule is C=CCN1CC(C(=O)N2CCN(Cc3cccc(O)c3)CC2)CC1=O. The van der Waals surface area contributed by atoms with Crippen LogP contribution in [0.2, 0.25) is 0 Å². The van der Waals surface area contributed by atoms with E-state index in [1.165, 1.54) is 0 Å². The summed E-state index contributed by atoms with van der Waals surface area (Å²) >= 11 is 0. The molecule has 2 aliphatic heterocycles. The van der Waals surface area contributed by atoms with Crippen LogP contribution in [-0.2, 0) is 16.1 Å². The molecule has 1 N–H and O–H groups in total. The van der Waals surface area contributed by atoms with Crippen molar-refractivity contribution < 1.29 is 14.7 Å². The zero-order chi connectivity index (χ0) is 17.8. The fourth-order valence-corrected chi connectivity index (χ4v) is 3.57. The number of phenols is 1. The maximum Gasteiger partial charge on any atom is 0.228 e. The molecule has 2 fully saturated rings. The standard InChI is InChI=1S/C19H25N3O3/c1-2-6-22-14-16(12-18(22)24)19(25)21-9-7-20(8-10-21)13-15-4-3-5-17(23)11-15/h2-5,11,16,23H,1,6-10,12-14H2. The van der Waals surface area contributed by atoms with Gasteiger partial charge in [-0.2, -0.15) is 0 Å². The number of likely N-dealkylation sites (tertiary alicyclic amines) is 1. The van der Waals surface area contributed by atoms with Crippen LogP contribution in [0.5, 0.6) is 5.75 Å². The van der Waals surface area contributed by atoms with Crippen LogP contribution in [0, 0.1) is 5.92 Å². The number of hydrogen-bond donors (Lipinski definition) is 1. The predicted molar refractivity (Wildman–Crippen MR) is 94.8 cm³/mol. The van der Waals surface area contributed by atoms with Gasteiger partial charge in [0.1, 0.15) is 5.75 Å². The Morgan fingerprint density at radius 1 is 1.28 bits per heavy atom. The van der Waals surface area contributed by atoms with E-state index < -0.39 is 0 Å². The molecule has 0 radical (unpaired) electrons. The number of benzene rings is 1. The number of carbonyl (C=O) groups excluding carboxylic acids is 2. The van der Waals surface area contributed by atoms with Gasteiger partial charge in [0.2, 0.25) is 11.8 Å². The molecule has 6 heteroatoms. The molecule has 2 heterocycles. The molecule has 2 saturated heterocycles. The fourth-order valence-electron chi connectivity index (χ4n) is 3.57. The number of aromatic hydroxyl groups is 1. The maximum atomic E-state index is 12.7. The summed E-state index contributed by atoms with van der Waals surface area (Å²) in [7, 11) is 0. The molecule has 2 amide bonds. The molecule has 6 nitrogen and oxygen atoms in total. The number of carbonyl (C=O) groups is 2. The third-order valence-corrected chi connectivity index (χ3v) is 4.91. The average Bonchev–Trinajstić information content (AvgIpc) is 2.96. The van der Waals surface area contributed by atoms with E-state index in [0.29, 0.717) is 32.6 Å². The van der Waals surface area contributed by atoms with E-state index in [9.17, 15) is 14.7 Å². The normalized spacial score (nSPS) is 21.6. The second-order valence-electron chi connectivity index (χ2n) is 6.76. The molecule has 3 rings (SSSR count). The van der Waals surface area contributed by atoms with Gasteiger partial charge < -0.3 is 14.9 Å². The zero-order valence-corrected chi connectivity index (χ0v) is 14.4. The lowest BCUT2D eigenvalue weighted by Gasteiger charge is -2.36. The largest absolute Gasteiger partial charge is 0.508 e. The van der Waals surface area contributed by atoms with Crippen LogP contribution in [0.4, 0.5) is 0 Å². The highest BCUT2D eigenvalue weighted by Gasteiger charge is 2.36. The van der Waals surface area contributed by atoms with Gasteiger partial charge in [-0.15, -0.1) is 6.58 Å². The van der Waals surface area contributed by atoms with Crippen molar-refractivity contribution in [2.75, 3.05) is 39.3 Å². The Bertz CT molecular complexity index is 653. The van der Waals surface area contributed by atoms with Gasteiger partial charge >= 0.3 is 0 Å². The van der Waals surface area contributed by atoms with E-state index in [-0.39, 0.29) is 23.5 Å². The molecule has 1 unspecified atom stereocenters. The molecule has 1 atom stereocenters. The van der Waals surface area contributed by atoms with E-state index in [2.05, 4.69) is 11.5 Å². The summed E-state index contributed by atoms with van der Waals surface area (Å²) in [6.07, 6.45) is 2.01. The van der Waals surface area contributed by atoms with E-state index in [1.54, 1.807) is 23.1 Å². The van der Waals surface area contributed by atoms with Crippen LogP contribution >= 0.6 is 0 Å². The van der Waals surface area contributed by atoms with E-state index >= 15 is 0 Å². The third-order valence-electron chi connectivity index (χ3n) is 4.91. The van der Waals surface area contributed by atoms with Crippen molar-refractivity contribution in [3.63, 3.8) is 0 Å². The van der Waals surface area contributed by atoms with Crippen LogP contribution in [-0.4, -0.2) is 70.9 Å². The van der Waals surface area contributed by atoms with Crippen LogP contribution < -0.4 is 0 Å². The first kappa shape index (κ1) is 17.5. The van der Waals surface area contributed by atoms with Gasteiger partial charge in [0.05, 0.1) is 5.92 Å². The van der Waals surface area contributed by atoms with Crippen molar-refractivity contribution in [2.24, 2.45) is 5.92 Å². The molecule has 2 aliphatic rings. The molecule has 1 aromatic rings. The molecule has 0 aromatic heterocycles. The highest BCUT2D eigenvalue weighted by Crippen LogP contribution is 2.21. The van der Waals surface area contributed by atoms with Crippen LogP contribution in [0.25, 0.3) is 0 Å². The van der Waals surface area contributed by atoms with Crippen molar-refractivity contribution in [1.82, 2.24) is 14.7 Å². The zero-order valence-electron chi connectivity index (χ0n) is 14.4. The minimum atomic E-state index is -0.218. The molecular weight excluding hydrogens is 318 g/mol. The minimum absolute atomic E-state index is 0.0424. The predicted octanol–water partition coefficient (Wildman–Crippen LogP) is 1.07. The minimum Gasteiger partial charge on any atom is -0.508 e. The van der Waals surface area contributed by atoms with Crippen LogP contribution in [0.3, 0.4) is 0 Å². The second-order valence-corrected chi connectivity index (χ2v) is 6.76. The highest BCUT2D eigenvalue weighted by atomic mass is 16.3. The Morgan fingerprint density at radius 3 is 2.72 bits per heavy atom. The average molecular weight is 343 g/mol. The van der Waals surface area contributed by atoms with Crippen molar-refractivity contribution in [3.8, 4) is 5.75 Å². The van der Waals surface area contributed by atoms with E-state index in [4.69, 9.17) is 0 Å². The van der Waals surface area contributed by atoms with Gasteiger partial charge in [-0.05, 0) is 17.7 Å². The van der Waals surface area contributed by atoms with Crippen LogP contribution in [0.1, 0.15) is 12.0 Å². The second kappa shape index (κ2) is 7.70. The quantitative estimate of drug-likeness (QED) is 0.813. The van der Waals surface area contributed by atoms with Gasteiger partial charge in [-0.3, -0.25) is 14.5 Å². The molecule has 25 heavy (non-hydrogen) atoms. The number of amides is 2. The number of nitrogens with zero attached hydrogens (tertiary/aromatic N) is 3. The smallest absolute Gasteiger partial charge is 0.228 e.